The molecule has 2 aromatic rings. The van der Waals surface area contributed by atoms with E-state index in [2.05, 4.69) is 10.2 Å². The molecule has 0 saturated heterocycles. The summed E-state index contributed by atoms with van der Waals surface area (Å²) in [5, 5.41) is 18.8. The van der Waals surface area contributed by atoms with E-state index in [1.54, 1.807) is 0 Å². The smallest absolute Gasteiger partial charge is 0.338 e. The lowest BCUT2D eigenvalue weighted by Gasteiger charge is -2.06. The van der Waals surface area contributed by atoms with Crippen molar-refractivity contribution in [1.29, 1.82) is 0 Å². The Bertz CT molecular complexity index is 703. The molecule has 116 valence electrons. The topological polar surface area (TPSA) is 126 Å². The molecule has 10 heteroatoms. The molecule has 0 bridgehead atoms. The van der Waals surface area contributed by atoms with Gasteiger partial charge < -0.3 is 10.6 Å². The molecule has 0 amide bonds. The predicted molar refractivity (Wildman–Crippen MR) is 78.0 cm³/mol. The summed E-state index contributed by atoms with van der Waals surface area (Å²) in [6, 6.07) is 4.10. The highest BCUT2D eigenvalue weighted by molar-refractivity contribution is 7.99. The van der Waals surface area contributed by atoms with E-state index in [-0.39, 0.29) is 17.9 Å². The maximum Gasteiger partial charge on any atom is 0.338 e. The van der Waals surface area contributed by atoms with E-state index in [0.717, 1.165) is 16.4 Å². The monoisotopic (exact) mass is 323 g/mol. The van der Waals surface area contributed by atoms with Crippen molar-refractivity contribution in [1.82, 2.24) is 14.9 Å². The fraction of sp³-hybridized carbons (Fsp3) is 0.250. The number of rotatable bonds is 6. The molecule has 0 radical (unpaired) electrons. The summed E-state index contributed by atoms with van der Waals surface area (Å²) in [4.78, 5) is 22.7. The van der Waals surface area contributed by atoms with Gasteiger partial charge in [0.15, 0.2) is 0 Å². The number of nitro groups is 1. The SMILES string of the molecule is CCCOC(=O)c1ccc(Sc2nncn2N)c([N+](=O)[O-])c1. The van der Waals surface area contributed by atoms with Crippen LogP contribution in [0.2, 0.25) is 0 Å². The Morgan fingerprint density at radius 2 is 2.32 bits per heavy atom. The van der Waals surface area contributed by atoms with Gasteiger partial charge in [0.25, 0.3) is 5.69 Å². The second-order valence-electron chi connectivity index (χ2n) is 4.20. The van der Waals surface area contributed by atoms with Crippen molar-refractivity contribution < 1.29 is 14.5 Å². The van der Waals surface area contributed by atoms with Crippen molar-refractivity contribution in [3.8, 4) is 0 Å². The molecule has 0 unspecified atom stereocenters. The van der Waals surface area contributed by atoms with E-state index >= 15 is 0 Å². The summed E-state index contributed by atoms with van der Waals surface area (Å²) in [6.45, 7) is 2.12. The quantitative estimate of drug-likeness (QED) is 0.368. The molecular formula is C12H13N5O4S. The Balaban J connectivity index is 2.30. The first-order valence-corrected chi connectivity index (χ1v) is 7.13. The predicted octanol–water partition coefficient (Wildman–Crippen LogP) is 1.62. The molecule has 9 nitrogen and oxygen atoms in total. The molecule has 1 aromatic heterocycles. The van der Waals surface area contributed by atoms with Crippen LogP contribution in [0.15, 0.2) is 34.6 Å². The summed E-state index contributed by atoms with van der Waals surface area (Å²) in [7, 11) is 0. The zero-order chi connectivity index (χ0) is 16.1. The molecule has 0 aliphatic carbocycles. The molecule has 1 aromatic carbocycles. The number of hydrogen-bond donors (Lipinski definition) is 1. The van der Waals surface area contributed by atoms with Crippen molar-refractivity contribution in [3.05, 3.63) is 40.2 Å². The number of nitrogens with zero attached hydrogens (tertiary/aromatic N) is 4. The Morgan fingerprint density at radius 1 is 1.55 bits per heavy atom. The zero-order valence-corrected chi connectivity index (χ0v) is 12.4. The number of aromatic nitrogens is 3. The number of nitrogen functional groups attached to an aromatic ring is 1. The van der Waals surface area contributed by atoms with Gasteiger partial charge in [-0.3, -0.25) is 10.1 Å². The van der Waals surface area contributed by atoms with E-state index in [1.165, 1.54) is 24.5 Å². The molecule has 0 spiro atoms. The lowest BCUT2D eigenvalue weighted by molar-refractivity contribution is -0.387. The number of nitrogens with two attached hydrogens (primary N) is 1. The summed E-state index contributed by atoms with van der Waals surface area (Å²) >= 11 is 0.985. The summed E-state index contributed by atoms with van der Waals surface area (Å²) < 4.78 is 6.11. The first-order chi connectivity index (χ1) is 10.5. The first-order valence-electron chi connectivity index (χ1n) is 6.31. The number of benzene rings is 1. The number of hydrogen-bond acceptors (Lipinski definition) is 8. The van der Waals surface area contributed by atoms with E-state index in [1.807, 2.05) is 6.92 Å². The highest BCUT2D eigenvalue weighted by Crippen LogP contribution is 2.34. The van der Waals surface area contributed by atoms with Gasteiger partial charge in [-0.1, -0.05) is 6.92 Å². The Labute approximate surface area is 129 Å². The third kappa shape index (κ3) is 3.52. The van der Waals surface area contributed by atoms with Gasteiger partial charge in [-0.25, -0.2) is 9.47 Å². The molecule has 2 N–H and O–H groups in total. The Morgan fingerprint density at radius 3 is 2.91 bits per heavy atom. The third-order valence-electron chi connectivity index (χ3n) is 2.57. The number of nitro benzene ring substituents is 1. The van der Waals surface area contributed by atoms with E-state index in [4.69, 9.17) is 10.6 Å². The maximum absolute atomic E-state index is 11.8. The van der Waals surface area contributed by atoms with Crippen LogP contribution in [0.5, 0.6) is 0 Å². The van der Waals surface area contributed by atoms with Crippen LogP contribution in [0.3, 0.4) is 0 Å². The second kappa shape index (κ2) is 6.89. The maximum atomic E-state index is 11.8. The molecule has 0 fully saturated rings. The number of esters is 1. The van der Waals surface area contributed by atoms with Gasteiger partial charge in [0.05, 0.1) is 22.0 Å². The summed E-state index contributed by atoms with van der Waals surface area (Å²) in [5.41, 5.74) is -0.0994. The number of ether oxygens (including phenoxy) is 1. The number of carbonyl (C=O) groups is 1. The van der Waals surface area contributed by atoms with Crippen molar-refractivity contribution in [2.75, 3.05) is 12.4 Å². The fourth-order valence-electron chi connectivity index (χ4n) is 1.55. The molecular weight excluding hydrogens is 310 g/mol. The van der Waals surface area contributed by atoms with E-state index < -0.39 is 10.9 Å². The first kappa shape index (κ1) is 15.8. The Hall–Kier alpha value is -2.62. The van der Waals surface area contributed by atoms with Gasteiger partial charge in [-0.15, -0.1) is 10.2 Å². The largest absolute Gasteiger partial charge is 0.462 e. The van der Waals surface area contributed by atoms with E-state index in [9.17, 15) is 14.9 Å². The van der Waals surface area contributed by atoms with Crippen LogP contribution in [-0.2, 0) is 4.74 Å². The summed E-state index contributed by atoms with van der Waals surface area (Å²) in [6.07, 6.45) is 1.96. The molecule has 0 aliphatic rings. The lowest BCUT2D eigenvalue weighted by Crippen LogP contribution is -2.08. The highest BCUT2D eigenvalue weighted by atomic mass is 32.2. The molecule has 0 saturated carbocycles. The van der Waals surface area contributed by atoms with Gasteiger partial charge in [0.1, 0.15) is 6.33 Å². The standard InChI is InChI=1S/C12H13N5O4S/c1-2-5-21-11(18)8-3-4-10(9(6-8)17(19)20)22-12-15-14-7-16(12)13/h3-4,6-7H,2,5,13H2,1H3. The van der Waals surface area contributed by atoms with Crippen LogP contribution < -0.4 is 5.84 Å². The van der Waals surface area contributed by atoms with E-state index in [0.29, 0.717) is 16.5 Å². The van der Waals surface area contributed by atoms with Gasteiger partial charge in [0, 0.05) is 6.07 Å². The van der Waals surface area contributed by atoms with Crippen molar-refractivity contribution in [3.63, 3.8) is 0 Å². The fourth-order valence-corrected chi connectivity index (χ4v) is 2.37. The van der Waals surface area contributed by atoms with Crippen LogP contribution >= 0.6 is 11.8 Å². The molecule has 22 heavy (non-hydrogen) atoms. The van der Waals surface area contributed by atoms with Crippen molar-refractivity contribution in [2.45, 2.75) is 23.4 Å². The zero-order valence-electron chi connectivity index (χ0n) is 11.6. The van der Waals surface area contributed by atoms with Gasteiger partial charge in [0.2, 0.25) is 5.16 Å². The summed E-state index contributed by atoms with van der Waals surface area (Å²) in [5.74, 6) is 4.98. The van der Waals surface area contributed by atoms with Gasteiger partial charge in [-0.2, -0.15) is 0 Å². The van der Waals surface area contributed by atoms with Crippen LogP contribution in [0.1, 0.15) is 23.7 Å². The normalized spacial score (nSPS) is 10.4. The van der Waals surface area contributed by atoms with Crippen molar-refractivity contribution in [2.24, 2.45) is 0 Å². The average Bonchev–Trinajstić information content (AvgIpc) is 2.90. The molecule has 2 rings (SSSR count). The average molecular weight is 323 g/mol. The Kier molecular flexibility index (Phi) is 4.94. The molecule has 1 heterocycles. The third-order valence-corrected chi connectivity index (χ3v) is 3.61. The lowest BCUT2D eigenvalue weighted by atomic mass is 10.2. The minimum atomic E-state index is -0.594. The van der Waals surface area contributed by atoms with Crippen LogP contribution in [-0.4, -0.2) is 32.4 Å². The van der Waals surface area contributed by atoms with Crippen LogP contribution in [0.4, 0.5) is 5.69 Å². The minimum Gasteiger partial charge on any atom is -0.462 e. The van der Waals surface area contributed by atoms with Gasteiger partial charge in [-0.05, 0) is 30.3 Å². The second-order valence-corrected chi connectivity index (χ2v) is 5.21. The highest BCUT2D eigenvalue weighted by Gasteiger charge is 2.20. The molecule has 0 aliphatic heterocycles. The number of carbonyl (C=O) groups excluding carboxylic acids is 1. The van der Waals surface area contributed by atoms with Crippen LogP contribution in [0, 0.1) is 10.1 Å². The van der Waals surface area contributed by atoms with Gasteiger partial charge >= 0.3 is 5.97 Å². The van der Waals surface area contributed by atoms with Crippen molar-refractivity contribution >= 4 is 23.4 Å². The minimum absolute atomic E-state index is 0.124. The molecule has 0 atom stereocenters. The van der Waals surface area contributed by atoms with Crippen LogP contribution in [0.25, 0.3) is 0 Å².